The molecule has 0 bridgehead atoms. The second-order valence-electron chi connectivity index (χ2n) is 6.28. The third kappa shape index (κ3) is 3.48. The SMILES string of the molecule is COC(=O)C1(NC(C)C)CCCC(OC2CCC2)C1. The lowest BCUT2D eigenvalue weighted by atomic mass is 9.79. The summed E-state index contributed by atoms with van der Waals surface area (Å²) < 4.78 is 11.1. The first kappa shape index (κ1) is 14.8. The van der Waals surface area contributed by atoms with Crippen molar-refractivity contribution in [1.82, 2.24) is 5.32 Å². The Kier molecular flexibility index (Phi) is 4.85. The van der Waals surface area contributed by atoms with E-state index in [1.165, 1.54) is 26.4 Å². The molecule has 0 aromatic carbocycles. The van der Waals surface area contributed by atoms with E-state index in [2.05, 4.69) is 19.2 Å². The molecule has 4 heteroatoms. The Hall–Kier alpha value is -0.610. The molecule has 0 saturated heterocycles. The molecule has 0 amide bonds. The molecule has 2 unspecified atom stereocenters. The first-order chi connectivity index (χ1) is 9.05. The van der Waals surface area contributed by atoms with Gasteiger partial charge in [0.15, 0.2) is 0 Å². The van der Waals surface area contributed by atoms with Gasteiger partial charge < -0.3 is 9.47 Å². The van der Waals surface area contributed by atoms with Gasteiger partial charge in [0.25, 0.3) is 0 Å². The van der Waals surface area contributed by atoms with Gasteiger partial charge in [-0.15, -0.1) is 0 Å². The number of carbonyl (C=O) groups excluding carboxylic acids is 1. The van der Waals surface area contributed by atoms with Crippen molar-refractivity contribution in [3.8, 4) is 0 Å². The van der Waals surface area contributed by atoms with Crippen LogP contribution in [0.3, 0.4) is 0 Å². The number of hydrogen-bond acceptors (Lipinski definition) is 4. The molecule has 2 atom stereocenters. The zero-order chi connectivity index (χ0) is 13.9. The number of ether oxygens (including phenoxy) is 2. The number of carbonyl (C=O) groups is 1. The van der Waals surface area contributed by atoms with Gasteiger partial charge in [0, 0.05) is 12.5 Å². The summed E-state index contributed by atoms with van der Waals surface area (Å²) in [5.74, 6) is -0.136. The lowest BCUT2D eigenvalue weighted by Crippen LogP contribution is -2.59. The monoisotopic (exact) mass is 269 g/mol. The Morgan fingerprint density at radius 2 is 1.89 bits per heavy atom. The predicted octanol–water partition coefficient (Wildman–Crippen LogP) is 2.41. The molecule has 0 aliphatic heterocycles. The highest BCUT2D eigenvalue weighted by Crippen LogP contribution is 2.34. The Bertz CT molecular complexity index is 315. The molecular weight excluding hydrogens is 242 g/mol. The van der Waals surface area contributed by atoms with Crippen LogP contribution in [-0.2, 0) is 14.3 Å². The van der Waals surface area contributed by atoms with Crippen LogP contribution in [0.15, 0.2) is 0 Å². The number of esters is 1. The van der Waals surface area contributed by atoms with Crippen molar-refractivity contribution in [2.75, 3.05) is 7.11 Å². The van der Waals surface area contributed by atoms with Crippen LogP contribution < -0.4 is 5.32 Å². The topological polar surface area (TPSA) is 47.6 Å². The first-order valence-corrected chi connectivity index (χ1v) is 7.57. The normalized spacial score (nSPS) is 32.1. The lowest BCUT2D eigenvalue weighted by molar-refractivity contribution is -0.155. The maximum Gasteiger partial charge on any atom is 0.326 e. The molecule has 2 aliphatic rings. The molecule has 2 aliphatic carbocycles. The summed E-state index contributed by atoms with van der Waals surface area (Å²) in [7, 11) is 1.47. The third-order valence-corrected chi connectivity index (χ3v) is 4.28. The number of rotatable bonds is 5. The summed E-state index contributed by atoms with van der Waals surface area (Å²) in [6.07, 6.45) is 7.95. The number of methoxy groups -OCH3 is 1. The summed E-state index contributed by atoms with van der Waals surface area (Å²) in [5.41, 5.74) is -0.546. The van der Waals surface area contributed by atoms with E-state index < -0.39 is 5.54 Å². The Morgan fingerprint density at radius 1 is 1.21 bits per heavy atom. The van der Waals surface area contributed by atoms with Crippen LogP contribution in [0.4, 0.5) is 0 Å². The highest BCUT2D eigenvalue weighted by Gasteiger charge is 2.45. The van der Waals surface area contributed by atoms with Crippen molar-refractivity contribution in [3.05, 3.63) is 0 Å². The molecule has 0 heterocycles. The van der Waals surface area contributed by atoms with Gasteiger partial charge in [-0.05, 0) is 52.4 Å². The second kappa shape index (κ2) is 6.23. The summed E-state index contributed by atoms with van der Waals surface area (Å²) in [4.78, 5) is 12.2. The predicted molar refractivity (Wildman–Crippen MR) is 74.0 cm³/mol. The van der Waals surface area contributed by atoms with Gasteiger partial charge in [0.2, 0.25) is 0 Å². The smallest absolute Gasteiger partial charge is 0.326 e. The Balaban J connectivity index is 2.01. The zero-order valence-corrected chi connectivity index (χ0v) is 12.4. The van der Waals surface area contributed by atoms with Crippen LogP contribution in [0.5, 0.6) is 0 Å². The molecule has 0 radical (unpaired) electrons. The fraction of sp³-hybridized carbons (Fsp3) is 0.933. The molecule has 4 nitrogen and oxygen atoms in total. The van der Waals surface area contributed by atoms with Crippen LogP contribution in [-0.4, -0.2) is 36.9 Å². The molecule has 0 aromatic heterocycles. The highest BCUT2D eigenvalue weighted by atomic mass is 16.5. The van der Waals surface area contributed by atoms with Gasteiger partial charge in [-0.25, -0.2) is 0 Å². The van der Waals surface area contributed by atoms with Crippen molar-refractivity contribution in [2.45, 2.75) is 82.6 Å². The van der Waals surface area contributed by atoms with E-state index in [-0.39, 0.29) is 18.1 Å². The van der Waals surface area contributed by atoms with Crippen LogP contribution >= 0.6 is 0 Å². The van der Waals surface area contributed by atoms with Crippen LogP contribution in [0.2, 0.25) is 0 Å². The summed E-state index contributed by atoms with van der Waals surface area (Å²) in [6, 6.07) is 0.265. The van der Waals surface area contributed by atoms with Gasteiger partial charge in [0.1, 0.15) is 5.54 Å². The minimum absolute atomic E-state index is 0.136. The molecular formula is C15H27NO3. The van der Waals surface area contributed by atoms with Crippen LogP contribution in [0, 0.1) is 0 Å². The maximum atomic E-state index is 12.2. The van der Waals surface area contributed by atoms with E-state index in [4.69, 9.17) is 9.47 Å². The quantitative estimate of drug-likeness (QED) is 0.779. The number of nitrogens with one attached hydrogen (secondary N) is 1. The molecule has 2 rings (SSSR count). The standard InChI is InChI=1S/C15H27NO3/c1-11(2)16-15(14(17)18-3)9-5-8-13(10-15)19-12-6-4-7-12/h11-13,16H,4-10H2,1-3H3. The first-order valence-electron chi connectivity index (χ1n) is 7.57. The average Bonchev–Trinajstić information content (AvgIpc) is 2.32. The summed E-state index contributed by atoms with van der Waals surface area (Å²) in [5, 5.41) is 3.43. The second-order valence-corrected chi connectivity index (χ2v) is 6.28. The van der Waals surface area contributed by atoms with Gasteiger partial charge in [-0.1, -0.05) is 0 Å². The molecule has 2 saturated carbocycles. The fourth-order valence-electron chi connectivity index (χ4n) is 3.24. The van der Waals surface area contributed by atoms with E-state index in [1.807, 2.05) is 0 Å². The van der Waals surface area contributed by atoms with Crippen molar-refractivity contribution in [2.24, 2.45) is 0 Å². The largest absolute Gasteiger partial charge is 0.468 e. The zero-order valence-electron chi connectivity index (χ0n) is 12.4. The molecule has 19 heavy (non-hydrogen) atoms. The van der Waals surface area contributed by atoms with Gasteiger partial charge in [-0.3, -0.25) is 10.1 Å². The van der Waals surface area contributed by atoms with E-state index in [1.54, 1.807) is 0 Å². The van der Waals surface area contributed by atoms with Gasteiger partial charge >= 0.3 is 5.97 Å². The Labute approximate surface area is 116 Å². The van der Waals surface area contributed by atoms with E-state index in [0.717, 1.165) is 25.7 Å². The average molecular weight is 269 g/mol. The van der Waals surface area contributed by atoms with Crippen LogP contribution in [0.1, 0.15) is 58.8 Å². The van der Waals surface area contributed by atoms with Gasteiger partial charge in [0.05, 0.1) is 19.3 Å². The molecule has 0 spiro atoms. The Morgan fingerprint density at radius 3 is 2.42 bits per heavy atom. The third-order valence-electron chi connectivity index (χ3n) is 4.28. The molecule has 1 N–H and O–H groups in total. The molecule has 0 aromatic rings. The minimum Gasteiger partial charge on any atom is -0.468 e. The summed E-state index contributed by atoms with van der Waals surface area (Å²) in [6.45, 7) is 4.14. The fourth-order valence-corrected chi connectivity index (χ4v) is 3.24. The maximum absolute atomic E-state index is 12.2. The van der Waals surface area contributed by atoms with E-state index >= 15 is 0 Å². The molecule has 110 valence electrons. The van der Waals surface area contributed by atoms with Crippen LogP contribution in [0.25, 0.3) is 0 Å². The van der Waals surface area contributed by atoms with Crippen molar-refractivity contribution in [3.63, 3.8) is 0 Å². The van der Waals surface area contributed by atoms with Gasteiger partial charge in [-0.2, -0.15) is 0 Å². The molecule has 2 fully saturated rings. The number of hydrogen-bond donors (Lipinski definition) is 1. The van der Waals surface area contributed by atoms with Crippen molar-refractivity contribution in [1.29, 1.82) is 0 Å². The summed E-state index contributed by atoms with van der Waals surface area (Å²) >= 11 is 0. The lowest BCUT2D eigenvalue weighted by Gasteiger charge is -2.42. The minimum atomic E-state index is -0.546. The van der Waals surface area contributed by atoms with E-state index in [0.29, 0.717) is 6.10 Å². The van der Waals surface area contributed by atoms with Crippen molar-refractivity contribution < 1.29 is 14.3 Å². The van der Waals surface area contributed by atoms with Crippen molar-refractivity contribution >= 4 is 5.97 Å². The highest BCUT2D eigenvalue weighted by molar-refractivity contribution is 5.81. The van der Waals surface area contributed by atoms with E-state index in [9.17, 15) is 4.79 Å².